The van der Waals surface area contributed by atoms with Crippen LogP contribution in [-0.4, -0.2) is 60.4 Å². The average Bonchev–Trinajstić information content (AvgIpc) is 3.04. The van der Waals surface area contributed by atoms with Crippen molar-refractivity contribution < 1.29 is 14.6 Å². The molecule has 2 saturated carbocycles. The predicted molar refractivity (Wildman–Crippen MR) is 84.6 cm³/mol. The fraction of sp³-hybridized carbons (Fsp3) is 0.941. The van der Waals surface area contributed by atoms with Gasteiger partial charge in [0.25, 0.3) is 0 Å². The molecule has 126 valence electrons. The molecule has 1 heterocycles. The molecule has 0 bridgehead atoms. The quantitative estimate of drug-likeness (QED) is 0.821. The summed E-state index contributed by atoms with van der Waals surface area (Å²) < 4.78 is 5.48. The predicted octanol–water partition coefficient (Wildman–Crippen LogP) is 1.30. The molecule has 1 saturated heterocycles. The summed E-state index contributed by atoms with van der Waals surface area (Å²) in [5.41, 5.74) is 0.160. The highest BCUT2D eigenvalue weighted by molar-refractivity contribution is 5.78. The summed E-state index contributed by atoms with van der Waals surface area (Å²) in [4.78, 5) is 15.0. The maximum absolute atomic E-state index is 12.5. The summed E-state index contributed by atoms with van der Waals surface area (Å²) in [6.45, 7) is 4.40. The largest absolute Gasteiger partial charge is 0.393 e. The molecule has 0 atom stereocenters. The number of morpholine rings is 1. The lowest BCUT2D eigenvalue weighted by Crippen LogP contribution is -2.57. The molecule has 22 heavy (non-hydrogen) atoms. The van der Waals surface area contributed by atoms with E-state index in [9.17, 15) is 9.90 Å². The van der Waals surface area contributed by atoms with Crippen molar-refractivity contribution in [3.8, 4) is 0 Å². The number of nitrogens with one attached hydrogen (secondary N) is 1. The van der Waals surface area contributed by atoms with Gasteiger partial charge >= 0.3 is 0 Å². The number of carbonyl (C=O) groups excluding carboxylic acids is 1. The first kappa shape index (κ1) is 16.2. The summed E-state index contributed by atoms with van der Waals surface area (Å²) >= 11 is 0. The van der Waals surface area contributed by atoms with Crippen molar-refractivity contribution >= 4 is 5.91 Å². The number of carbonyl (C=O) groups is 1. The molecule has 3 fully saturated rings. The van der Waals surface area contributed by atoms with Crippen LogP contribution >= 0.6 is 0 Å². The van der Waals surface area contributed by atoms with Gasteiger partial charge < -0.3 is 15.2 Å². The van der Waals surface area contributed by atoms with Crippen molar-refractivity contribution in [3.63, 3.8) is 0 Å². The van der Waals surface area contributed by atoms with Gasteiger partial charge in [-0.25, -0.2) is 0 Å². The lowest BCUT2D eigenvalue weighted by Gasteiger charge is -2.43. The molecule has 1 amide bonds. The highest BCUT2D eigenvalue weighted by atomic mass is 16.5. The number of hydrogen-bond acceptors (Lipinski definition) is 4. The molecule has 0 unspecified atom stereocenters. The zero-order valence-electron chi connectivity index (χ0n) is 13.6. The second-order valence-corrected chi connectivity index (χ2v) is 7.25. The Hall–Kier alpha value is -0.650. The maximum atomic E-state index is 12.5. The van der Waals surface area contributed by atoms with E-state index in [2.05, 4.69) is 10.2 Å². The summed E-state index contributed by atoms with van der Waals surface area (Å²) in [7, 11) is 0. The van der Waals surface area contributed by atoms with Gasteiger partial charge in [-0.2, -0.15) is 0 Å². The van der Waals surface area contributed by atoms with E-state index in [1.165, 1.54) is 25.7 Å². The molecule has 0 spiro atoms. The molecular weight excluding hydrogens is 280 g/mol. The Bertz CT molecular complexity index is 368. The molecule has 3 aliphatic rings. The molecule has 0 radical (unpaired) electrons. The number of amides is 1. The molecule has 5 heteroatoms. The number of nitrogens with zero attached hydrogens (tertiary/aromatic N) is 1. The fourth-order valence-corrected chi connectivity index (χ4v) is 4.41. The number of rotatable bonds is 4. The van der Waals surface area contributed by atoms with Crippen LogP contribution < -0.4 is 5.32 Å². The number of aliphatic hydroxyl groups excluding tert-OH is 1. The van der Waals surface area contributed by atoms with E-state index in [1.807, 2.05) is 0 Å². The SMILES string of the molecule is O=C(NCC1(N2CCOCC2)CCCC1)C1CCC(O)CC1. The van der Waals surface area contributed by atoms with E-state index in [-0.39, 0.29) is 23.5 Å². The zero-order valence-corrected chi connectivity index (χ0v) is 13.6. The van der Waals surface area contributed by atoms with Gasteiger partial charge in [0.2, 0.25) is 5.91 Å². The van der Waals surface area contributed by atoms with E-state index in [1.54, 1.807) is 0 Å². The third-order valence-corrected chi connectivity index (χ3v) is 5.88. The van der Waals surface area contributed by atoms with E-state index in [4.69, 9.17) is 4.74 Å². The Morgan fingerprint density at radius 1 is 1.14 bits per heavy atom. The molecule has 5 nitrogen and oxygen atoms in total. The molecule has 3 rings (SSSR count). The van der Waals surface area contributed by atoms with Crippen molar-refractivity contribution in [2.24, 2.45) is 5.92 Å². The zero-order chi connectivity index (χ0) is 15.4. The summed E-state index contributed by atoms with van der Waals surface area (Å²) in [5.74, 6) is 0.304. The normalized spacial score (nSPS) is 32.8. The minimum atomic E-state index is -0.196. The van der Waals surface area contributed by atoms with Gasteiger partial charge in [0.15, 0.2) is 0 Å². The minimum absolute atomic E-state index is 0.103. The molecule has 0 aromatic rings. The highest BCUT2D eigenvalue weighted by Crippen LogP contribution is 2.35. The Morgan fingerprint density at radius 2 is 1.77 bits per heavy atom. The van der Waals surface area contributed by atoms with Crippen molar-refractivity contribution in [2.45, 2.75) is 63.0 Å². The summed E-state index contributed by atoms with van der Waals surface area (Å²) in [6, 6.07) is 0. The second-order valence-electron chi connectivity index (χ2n) is 7.25. The van der Waals surface area contributed by atoms with Crippen molar-refractivity contribution in [3.05, 3.63) is 0 Å². The van der Waals surface area contributed by atoms with Gasteiger partial charge in [0.05, 0.1) is 19.3 Å². The van der Waals surface area contributed by atoms with Crippen molar-refractivity contribution in [1.29, 1.82) is 0 Å². The second kappa shape index (κ2) is 7.28. The van der Waals surface area contributed by atoms with Crippen LogP contribution in [0.4, 0.5) is 0 Å². The first-order valence-corrected chi connectivity index (χ1v) is 8.98. The van der Waals surface area contributed by atoms with E-state index in [0.717, 1.165) is 58.5 Å². The van der Waals surface area contributed by atoms with Gasteiger partial charge in [0.1, 0.15) is 0 Å². The Labute approximate surface area is 133 Å². The van der Waals surface area contributed by atoms with Crippen LogP contribution in [0.15, 0.2) is 0 Å². The first-order chi connectivity index (χ1) is 10.7. The van der Waals surface area contributed by atoms with Gasteiger partial charge in [-0.15, -0.1) is 0 Å². The summed E-state index contributed by atoms with van der Waals surface area (Å²) in [5, 5.41) is 12.8. The third kappa shape index (κ3) is 3.63. The summed E-state index contributed by atoms with van der Waals surface area (Å²) in [6.07, 6.45) is 7.92. The fourth-order valence-electron chi connectivity index (χ4n) is 4.41. The van der Waals surface area contributed by atoms with Gasteiger partial charge in [0, 0.05) is 31.1 Å². The Balaban J connectivity index is 1.54. The smallest absolute Gasteiger partial charge is 0.223 e. The molecule has 2 N–H and O–H groups in total. The Morgan fingerprint density at radius 3 is 2.41 bits per heavy atom. The van der Waals surface area contributed by atoms with Gasteiger partial charge in [-0.1, -0.05) is 12.8 Å². The van der Waals surface area contributed by atoms with Crippen LogP contribution in [0.5, 0.6) is 0 Å². The first-order valence-electron chi connectivity index (χ1n) is 8.98. The van der Waals surface area contributed by atoms with E-state index < -0.39 is 0 Å². The standard InChI is InChI=1S/C17H30N2O3/c20-15-5-3-14(4-6-15)16(21)18-13-17(7-1-2-8-17)19-9-11-22-12-10-19/h14-15,20H,1-13H2,(H,18,21). The third-order valence-electron chi connectivity index (χ3n) is 5.88. The van der Waals surface area contributed by atoms with Crippen LogP contribution in [0.2, 0.25) is 0 Å². The molecule has 0 aromatic carbocycles. The molecule has 0 aromatic heterocycles. The molecular formula is C17H30N2O3. The van der Waals surface area contributed by atoms with Crippen molar-refractivity contribution in [2.75, 3.05) is 32.8 Å². The van der Waals surface area contributed by atoms with Crippen LogP contribution in [0.3, 0.4) is 0 Å². The maximum Gasteiger partial charge on any atom is 0.223 e. The minimum Gasteiger partial charge on any atom is -0.393 e. The molecule has 2 aliphatic carbocycles. The lowest BCUT2D eigenvalue weighted by atomic mass is 9.86. The topological polar surface area (TPSA) is 61.8 Å². The Kier molecular flexibility index (Phi) is 5.37. The average molecular weight is 310 g/mol. The van der Waals surface area contributed by atoms with E-state index >= 15 is 0 Å². The van der Waals surface area contributed by atoms with E-state index in [0.29, 0.717) is 0 Å². The van der Waals surface area contributed by atoms with Gasteiger partial charge in [-0.3, -0.25) is 9.69 Å². The lowest BCUT2D eigenvalue weighted by molar-refractivity contribution is -0.127. The molecule has 1 aliphatic heterocycles. The number of ether oxygens (including phenoxy) is 1. The monoisotopic (exact) mass is 310 g/mol. The van der Waals surface area contributed by atoms with Crippen LogP contribution in [0.1, 0.15) is 51.4 Å². The van der Waals surface area contributed by atoms with Gasteiger partial charge in [-0.05, 0) is 38.5 Å². The number of hydrogen-bond donors (Lipinski definition) is 2. The van der Waals surface area contributed by atoms with Crippen LogP contribution in [0.25, 0.3) is 0 Å². The van der Waals surface area contributed by atoms with Crippen LogP contribution in [0, 0.1) is 5.92 Å². The van der Waals surface area contributed by atoms with Crippen LogP contribution in [-0.2, 0) is 9.53 Å². The van der Waals surface area contributed by atoms with Crippen molar-refractivity contribution in [1.82, 2.24) is 10.2 Å². The highest BCUT2D eigenvalue weighted by Gasteiger charge is 2.40. The number of aliphatic hydroxyl groups is 1.